The molecule has 0 saturated carbocycles. The van der Waals surface area contributed by atoms with E-state index in [1.165, 1.54) is 0 Å². The maximum Gasteiger partial charge on any atom is 0.130 e. The summed E-state index contributed by atoms with van der Waals surface area (Å²) in [6, 6.07) is 3.68. The van der Waals surface area contributed by atoms with Crippen molar-refractivity contribution in [1.82, 2.24) is 0 Å². The van der Waals surface area contributed by atoms with Crippen LogP contribution in [-0.2, 0) is 11.3 Å². The molecule has 1 aromatic heterocycles. The van der Waals surface area contributed by atoms with Gasteiger partial charge in [0.05, 0.1) is 6.61 Å². The average molecular weight is 168 g/mol. The van der Waals surface area contributed by atoms with E-state index in [-0.39, 0.29) is 6.61 Å². The summed E-state index contributed by atoms with van der Waals surface area (Å²) in [6.07, 6.45) is 3.34. The summed E-state index contributed by atoms with van der Waals surface area (Å²) in [5, 5.41) is 8.48. The van der Waals surface area contributed by atoms with Gasteiger partial charge in [0.25, 0.3) is 0 Å². The standard InChI is InChI=1S/C9H12O3/c1-11-7-9-5-4-8(12-9)3-2-6-10/h2-5,10H,6-7H2,1H3. The van der Waals surface area contributed by atoms with Gasteiger partial charge in [0.1, 0.15) is 18.1 Å². The molecule has 0 aliphatic heterocycles. The summed E-state index contributed by atoms with van der Waals surface area (Å²) >= 11 is 0. The monoisotopic (exact) mass is 168 g/mol. The molecule has 66 valence electrons. The average Bonchev–Trinajstić information content (AvgIpc) is 2.50. The van der Waals surface area contributed by atoms with Crippen molar-refractivity contribution in [1.29, 1.82) is 0 Å². The number of furan rings is 1. The van der Waals surface area contributed by atoms with Gasteiger partial charge in [-0.05, 0) is 18.2 Å². The number of aliphatic hydroxyl groups is 1. The molecule has 0 amide bonds. The summed E-state index contributed by atoms with van der Waals surface area (Å²) in [4.78, 5) is 0. The Morgan fingerprint density at radius 3 is 3.08 bits per heavy atom. The van der Waals surface area contributed by atoms with Crippen molar-refractivity contribution < 1.29 is 14.3 Å². The van der Waals surface area contributed by atoms with Crippen molar-refractivity contribution in [2.45, 2.75) is 6.61 Å². The van der Waals surface area contributed by atoms with Crippen LogP contribution in [0.1, 0.15) is 11.5 Å². The van der Waals surface area contributed by atoms with E-state index in [1.807, 2.05) is 12.1 Å². The molecule has 0 saturated heterocycles. The maximum atomic E-state index is 8.48. The third-order valence-corrected chi connectivity index (χ3v) is 1.36. The third-order valence-electron chi connectivity index (χ3n) is 1.36. The van der Waals surface area contributed by atoms with Gasteiger partial charge < -0.3 is 14.3 Å². The van der Waals surface area contributed by atoms with Gasteiger partial charge in [-0.1, -0.05) is 6.08 Å². The van der Waals surface area contributed by atoms with Crippen LogP contribution in [0.15, 0.2) is 22.6 Å². The molecule has 0 spiro atoms. The highest BCUT2D eigenvalue weighted by Crippen LogP contribution is 2.09. The molecule has 12 heavy (non-hydrogen) atoms. The van der Waals surface area contributed by atoms with Crippen molar-refractivity contribution in [2.24, 2.45) is 0 Å². The minimum atomic E-state index is 0.0281. The number of aliphatic hydroxyl groups excluding tert-OH is 1. The van der Waals surface area contributed by atoms with Crippen molar-refractivity contribution >= 4 is 6.08 Å². The predicted molar refractivity (Wildman–Crippen MR) is 45.5 cm³/mol. The molecule has 1 N–H and O–H groups in total. The number of ether oxygens (including phenoxy) is 1. The van der Waals surface area contributed by atoms with Gasteiger partial charge in [-0.3, -0.25) is 0 Å². The third kappa shape index (κ3) is 2.53. The largest absolute Gasteiger partial charge is 0.459 e. The molecule has 0 aliphatic carbocycles. The van der Waals surface area contributed by atoms with Crippen LogP contribution in [0, 0.1) is 0 Å². The normalized spacial score (nSPS) is 11.2. The molecule has 0 bridgehead atoms. The second-order valence-electron chi connectivity index (χ2n) is 2.32. The van der Waals surface area contributed by atoms with Crippen LogP contribution in [-0.4, -0.2) is 18.8 Å². The molecule has 0 atom stereocenters. The zero-order valence-electron chi connectivity index (χ0n) is 6.99. The van der Waals surface area contributed by atoms with Crippen molar-refractivity contribution in [3.63, 3.8) is 0 Å². The smallest absolute Gasteiger partial charge is 0.130 e. The molecule has 1 aromatic rings. The highest BCUT2D eigenvalue weighted by molar-refractivity contribution is 5.42. The summed E-state index contributed by atoms with van der Waals surface area (Å²) in [5.41, 5.74) is 0. The molecule has 0 aromatic carbocycles. The van der Waals surface area contributed by atoms with Gasteiger partial charge in [0.2, 0.25) is 0 Å². The minimum absolute atomic E-state index is 0.0281. The van der Waals surface area contributed by atoms with E-state index in [0.717, 1.165) is 11.5 Å². The Hall–Kier alpha value is -1.06. The number of hydrogen-bond donors (Lipinski definition) is 1. The summed E-state index contributed by atoms with van der Waals surface area (Å²) in [6.45, 7) is 0.507. The van der Waals surface area contributed by atoms with E-state index in [0.29, 0.717) is 6.61 Å². The van der Waals surface area contributed by atoms with Crippen LogP contribution >= 0.6 is 0 Å². The van der Waals surface area contributed by atoms with Crippen LogP contribution in [0.5, 0.6) is 0 Å². The Balaban J connectivity index is 2.57. The second-order valence-corrected chi connectivity index (χ2v) is 2.32. The van der Waals surface area contributed by atoms with Crippen molar-refractivity contribution in [2.75, 3.05) is 13.7 Å². The molecule has 0 fully saturated rings. The van der Waals surface area contributed by atoms with Crippen LogP contribution in [0.2, 0.25) is 0 Å². The van der Waals surface area contributed by atoms with E-state index in [4.69, 9.17) is 14.3 Å². The Morgan fingerprint density at radius 2 is 2.42 bits per heavy atom. The molecule has 1 rings (SSSR count). The second kappa shape index (κ2) is 4.74. The molecule has 1 heterocycles. The molecule has 3 nitrogen and oxygen atoms in total. The molecule has 0 aliphatic rings. The first-order valence-electron chi connectivity index (χ1n) is 3.72. The Kier molecular flexibility index (Phi) is 3.57. The Morgan fingerprint density at radius 1 is 1.58 bits per heavy atom. The predicted octanol–water partition coefficient (Wildman–Crippen LogP) is 1.43. The number of rotatable bonds is 4. The van der Waals surface area contributed by atoms with Crippen molar-refractivity contribution in [3.8, 4) is 0 Å². The van der Waals surface area contributed by atoms with Crippen LogP contribution in [0.25, 0.3) is 6.08 Å². The van der Waals surface area contributed by atoms with E-state index in [9.17, 15) is 0 Å². The number of hydrogen-bond acceptors (Lipinski definition) is 3. The summed E-state index contributed by atoms with van der Waals surface area (Å²) in [7, 11) is 1.62. The Bertz CT molecular complexity index is 250. The van der Waals surface area contributed by atoms with Gasteiger partial charge >= 0.3 is 0 Å². The minimum Gasteiger partial charge on any atom is -0.459 e. The first-order valence-corrected chi connectivity index (χ1v) is 3.72. The lowest BCUT2D eigenvalue weighted by Gasteiger charge is -1.91. The summed E-state index contributed by atoms with van der Waals surface area (Å²) in [5.74, 6) is 1.52. The van der Waals surface area contributed by atoms with Gasteiger partial charge in [0, 0.05) is 7.11 Å². The van der Waals surface area contributed by atoms with Gasteiger partial charge in [0.15, 0.2) is 0 Å². The molecular weight excluding hydrogens is 156 g/mol. The van der Waals surface area contributed by atoms with Gasteiger partial charge in [-0.25, -0.2) is 0 Å². The SMILES string of the molecule is COCc1ccc(C=CCO)o1. The quantitative estimate of drug-likeness (QED) is 0.739. The number of methoxy groups -OCH3 is 1. The van der Waals surface area contributed by atoms with Crippen molar-refractivity contribution in [3.05, 3.63) is 29.7 Å². The lowest BCUT2D eigenvalue weighted by Crippen LogP contribution is -1.81. The molecule has 0 radical (unpaired) electrons. The van der Waals surface area contributed by atoms with E-state index in [1.54, 1.807) is 19.3 Å². The van der Waals surface area contributed by atoms with Crippen LogP contribution in [0.3, 0.4) is 0 Å². The molecular formula is C9H12O3. The lowest BCUT2D eigenvalue weighted by atomic mass is 10.4. The fraction of sp³-hybridized carbons (Fsp3) is 0.333. The molecule has 3 heteroatoms. The summed E-state index contributed by atoms with van der Waals surface area (Å²) < 4.78 is 10.2. The zero-order chi connectivity index (χ0) is 8.81. The van der Waals surface area contributed by atoms with E-state index < -0.39 is 0 Å². The fourth-order valence-electron chi connectivity index (χ4n) is 0.873. The highest BCUT2D eigenvalue weighted by Gasteiger charge is 1.96. The zero-order valence-corrected chi connectivity index (χ0v) is 6.99. The van der Waals surface area contributed by atoms with Crippen LogP contribution in [0.4, 0.5) is 0 Å². The first-order chi connectivity index (χ1) is 5.86. The Labute approximate surface area is 71.3 Å². The van der Waals surface area contributed by atoms with E-state index in [2.05, 4.69) is 0 Å². The van der Waals surface area contributed by atoms with Gasteiger partial charge in [-0.2, -0.15) is 0 Å². The van der Waals surface area contributed by atoms with Crippen LogP contribution < -0.4 is 0 Å². The maximum absolute atomic E-state index is 8.48. The van der Waals surface area contributed by atoms with Gasteiger partial charge in [-0.15, -0.1) is 0 Å². The topological polar surface area (TPSA) is 42.6 Å². The highest BCUT2D eigenvalue weighted by atomic mass is 16.5. The first kappa shape index (κ1) is 9.03. The molecule has 0 unspecified atom stereocenters. The lowest BCUT2D eigenvalue weighted by molar-refractivity contribution is 0.164. The van der Waals surface area contributed by atoms with E-state index >= 15 is 0 Å². The fourth-order valence-corrected chi connectivity index (χ4v) is 0.873.